The Labute approximate surface area is 465 Å². The molecular weight excluding hydrogens is 1010 g/mol. The van der Waals surface area contributed by atoms with Gasteiger partial charge < -0.3 is 75.9 Å². The van der Waals surface area contributed by atoms with E-state index < -0.39 is 114 Å². The molecule has 2 aromatic carbocycles. The number of benzene rings is 2. The fourth-order valence-electron chi connectivity index (χ4n) is 9.04. The van der Waals surface area contributed by atoms with Gasteiger partial charge in [-0.3, -0.25) is 43.2 Å². The third-order valence-corrected chi connectivity index (χ3v) is 13.4. The zero-order chi connectivity index (χ0) is 58.4. The summed E-state index contributed by atoms with van der Waals surface area (Å²) in [6.45, 7) is 8.48. The van der Waals surface area contributed by atoms with Crippen LogP contribution in [0.4, 0.5) is 0 Å². The number of rotatable bonds is 25. The molecule has 440 valence electrons. The Morgan fingerprint density at radius 1 is 0.582 bits per heavy atom. The van der Waals surface area contributed by atoms with Crippen LogP contribution in [0.3, 0.4) is 0 Å². The Morgan fingerprint density at radius 2 is 1.08 bits per heavy atom. The SMILES string of the molecule is CCCCCCC[C@@H](O)CC(=O)N[C@@H](CCN)C(=O)N[C@H]1CCNC(=O)[C@H](CC(C)C)NC(=O)[C@H](CN)NC(=O)[C@H](CCN)NC(=O)[C@H](CC(C)C)NC(=O)[C@@H](Cc2ccc(-c3ccccc3)cc2)NC(=O)[C@H](CCN)NC1=O. The summed E-state index contributed by atoms with van der Waals surface area (Å²) in [5.41, 5.74) is 26.3. The Bertz CT molecular complexity index is 2250. The first kappa shape index (κ1) is 66.7. The van der Waals surface area contributed by atoms with Crippen molar-refractivity contribution in [3.8, 4) is 11.1 Å². The Balaban J connectivity index is 2.11. The molecule has 0 radical (unpaired) electrons. The van der Waals surface area contributed by atoms with Crippen molar-refractivity contribution >= 4 is 53.2 Å². The Hall–Kier alpha value is -6.53. The van der Waals surface area contributed by atoms with Gasteiger partial charge in [0.15, 0.2) is 0 Å². The standard InChI is InChI=1S/C56H91N13O10/c1-6-7-8-9-13-16-39(70)32-48(71)62-40(21-25-57)50(73)65-43-24-28-61-49(72)44(29-34(2)3)66-56(79)47(33-60)69-52(75)42(23-27-59)64-54(77)45(30-35(4)5)67-55(78)46(68-51(74)41(22-26-58)63-53(43)76)31-36-17-19-38(20-18-36)37-14-11-10-12-15-37/h10-12,14-15,17-20,34-35,39-47,70H,6-9,13,16,21-33,57-60H2,1-5H3,(H,61,72)(H,62,71)(H,63,76)(H,64,77)(H,65,73)(H,66,79)(H,67,78)(H,68,74)(H,69,75)/t39-,40+,41+,42+,43+,44+,45+,46-,47+/m1/s1. The molecule has 1 aliphatic rings. The summed E-state index contributed by atoms with van der Waals surface area (Å²) in [5.74, 6) is -7.29. The fourth-order valence-corrected chi connectivity index (χ4v) is 9.04. The van der Waals surface area contributed by atoms with Crippen LogP contribution >= 0.6 is 0 Å². The van der Waals surface area contributed by atoms with Crippen LogP contribution in [0.25, 0.3) is 11.1 Å². The first-order chi connectivity index (χ1) is 37.7. The van der Waals surface area contributed by atoms with Crippen LogP contribution in [0.5, 0.6) is 0 Å². The highest BCUT2D eigenvalue weighted by molar-refractivity contribution is 5.98. The van der Waals surface area contributed by atoms with Crippen molar-refractivity contribution in [2.75, 3.05) is 32.7 Å². The second kappa shape index (κ2) is 35.9. The van der Waals surface area contributed by atoms with E-state index in [1.165, 1.54) is 0 Å². The lowest BCUT2D eigenvalue weighted by molar-refractivity contribution is -0.136. The van der Waals surface area contributed by atoms with Crippen LogP contribution in [-0.2, 0) is 49.6 Å². The van der Waals surface area contributed by atoms with Crippen molar-refractivity contribution < 1.29 is 48.3 Å². The van der Waals surface area contributed by atoms with Crippen LogP contribution in [0.15, 0.2) is 54.6 Å². The summed E-state index contributed by atoms with van der Waals surface area (Å²) in [5, 5.41) is 34.7. The van der Waals surface area contributed by atoms with Gasteiger partial charge in [0.1, 0.15) is 48.3 Å². The van der Waals surface area contributed by atoms with Gasteiger partial charge in [-0.15, -0.1) is 0 Å². The number of aliphatic hydroxyl groups excluding tert-OH is 1. The molecule has 0 unspecified atom stereocenters. The molecule has 1 fully saturated rings. The Morgan fingerprint density at radius 3 is 1.63 bits per heavy atom. The van der Waals surface area contributed by atoms with E-state index >= 15 is 0 Å². The van der Waals surface area contributed by atoms with Gasteiger partial charge >= 0.3 is 0 Å². The van der Waals surface area contributed by atoms with Gasteiger partial charge in [0.2, 0.25) is 53.2 Å². The van der Waals surface area contributed by atoms with Crippen molar-refractivity contribution in [2.45, 2.75) is 179 Å². The molecule has 79 heavy (non-hydrogen) atoms. The number of carbonyl (C=O) groups is 9. The molecule has 1 heterocycles. The maximum atomic E-state index is 14.6. The molecular formula is C56H91N13O10. The quantitative estimate of drug-likeness (QED) is 0.0558. The largest absolute Gasteiger partial charge is 0.393 e. The van der Waals surface area contributed by atoms with Crippen LogP contribution in [-0.4, -0.2) is 145 Å². The second-order valence-corrected chi connectivity index (χ2v) is 21.2. The van der Waals surface area contributed by atoms with Gasteiger partial charge in [0, 0.05) is 19.5 Å². The minimum absolute atomic E-state index is 0.0508. The normalized spacial score (nSPS) is 22.3. The van der Waals surface area contributed by atoms with E-state index in [0.29, 0.717) is 12.0 Å². The second-order valence-electron chi connectivity index (χ2n) is 21.2. The van der Waals surface area contributed by atoms with E-state index in [0.717, 1.165) is 43.2 Å². The van der Waals surface area contributed by atoms with E-state index in [1.54, 1.807) is 12.1 Å². The molecule has 0 bridgehead atoms. The zero-order valence-corrected chi connectivity index (χ0v) is 46.9. The van der Waals surface area contributed by atoms with Gasteiger partial charge in [0.05, 0.1) is 12.5 Å². The zero-order valence-electron chi connectivity index (χ0n) is 46.9. The number of hydrogen-bond acceptors (Lipinski definition) is 14. The lowest BCUT2D eigenvalue weighted by atomic mass is 9.98. The molecule has 0 aromatic heterocycles. The molecule has 0 spiro atoms. The first-order valence-corrected chi connectivity index (χ1v) is 28.1. The number of hydrogen-bond donors (Lipinski definition) is 14. The van der Waals surface area contributed by atoms with Crippen LogP contribution in [0, 0.1) is 11.8 Å². The van der Waals surface area contributed by atoms with Crippen molar-refractivity contribution in [1.29, 1.82) is 0 Å². The van der Waals surface area contributed by atoms with Gasteiger partial charge in [-0.2, -0.15) is 0 Å². The van der Waals surface area contributed by atoms with Crippen LogP contribution < -0.4 is 70.8 Å². The van der Waals surface area contributed by atoms with E-state index in [-0.39, 0.29) is 89.4 Å². The van der Waals surface area contributed by atoms with Gasteiger partial charge in [-0.1, -0.05) is 121 Å². The molecule has 2 aromatic rings. The van der Waals surface area contributed by atoms with E-state index in [9.17, 15) is 48.3 Å². The van der Waals surface area contributed by atoms with Gasteiger partial charge in [-0.25, -0.2) is 0 Å². The van der Waals surface area contributed by atoms with Gasteiger partial charge in [0.25, 0.3) is 0 Å². The molecule has 23 heteroatoms. The monoisotopic (exact) mass is 1110 g/mol. The molecule has 0 saturated carbocycles. The summed E-state index contributed by atoms with van der Waals surface area (Å²) in [6.07, 6.45) is 3.47. The number of aliphatic hydroxyl groups is 1. The van der Waals surface area contributed by atoms with E-state index in [2.05, 4.69) is 54.8 Å². The van der Waals surface area contributed by atoms with E-state index in [1.807, 2.05) is 70.2 Å². The number of carbonyl (C=O) groups excluding carboxylic acids is 9. The first-order valence-electron chi connectivity index (χ1n) is 28.1. The highest BCUT2D eigenvalue weighted by Crippen LogP contribution is 2.20. The highest BCUT2D eigenvalue weighted by Gasteiger charge is 2.35. The third-order valence-electron chi connectivity index (χ3n) is 13.4. The summed E-state index contributed by atoms with van der Waals surface area (Å²) >= 11 is 0. The predicted octanol–water partition coefficient (Wildman–Crippen LogP) is -0.497. The van der Waals surface area contributed by atoms with Crippen LogP contribution in [0.1, 0.15) is 124 Å². The summed E-state index contributed by atoms with van der Waals surface area (Å²) in [4.78, 5) is 127. The lowest BCUT2D eigenvalue weighted by Gasteiger charge is -2.28. The summed E-state index contributed by atoms with van der Waals surface area (Å²) < 4.78 is 0. The van der Waals surface area contributed by atoms with E-state index in [4.69, 9.17) is 22.9 Å². The lowest BCUT2D eigenvalue weighted by Crippen LogP contribution is -2.61. The molecule has 18 N–H and O–H groups in total. The molecule has 3 rings (SSSR count). The fraction of sp³-hybridized carbons (Fsp3) is 0.625. The molecule has 0 aliphatic carbocycles. The summed E-state index contributed by atoms with van der Waals surface area (Å²) in [7, 11) is 0. The minimum atomic E-state index is -1.48. The molecule has 23 nitrogen and oxygen atoms in total. The molecule has 9 amide bonds. The topological polar surface area (TPSA) is 386 Å². The maximum Gasteiger partial charge on any atom is 0.244 e. The smallest absolute Gasteiger partial charge is 0.244 e. The number of nitrogens with two attached hydrogens (primary N) is 4. The highest BCUT2D eigenvalue weighted by atomic mass is 16.3. The molecule has 1 saturated heterocycles. The van der Waals surface area contributed by atoms with Gasteiger partial charge in [-0.05, 0) is 93.1 Å². The molecule has 9 atom stereocenters. The molecule has 1 aliphatic heterocycles. The number of amides is 9. The average molecular weight is 1110 g/mol. The predicted molar refractivity (Wildman–Crippen MR) is 302 cm³/mol. The third kappa shape index (κ3) is 24.2. The van der Waals surface area contributed by atoms with Crippen molar-refractivity contribution in [3.05, 3.63) is 60.2 Å². The van der Waals surface area contributed by atoms with Crippen molar-refractivity contribution in [2.24, 2.45) is 34.8 Å². The van der Waals surface area contributed by atoms with Crippen molar-refractivity contribution in [1.82, 2.24) is 47.9 Å². The number of unbranched alkanes of at least 4 members (excludes halogenated alkanes) is 4. The number of nitrogens with one attached hydrogen (secondary N) is 9. The Kier molecular flexibility index (Phi) is 30.3. The average Bonchev–Trinajstić information content (AvgIpc) is 3.41. The van der Waals surface area contributed by atoms with Crippen LogP contribution in [0.2, 0.25) is 0 Å². The van der Waals surface area contributed by atoms with Crippen molar-refractivity contribution in [3.63, 3.8) is 0 Å². The minimum Gasteiger partial charge on any atom is -0.393 e. The summed E-state index contributed by atoms with van der Waals surface area (Å²) in [6, 6.07) is 6.29. The maximum absolute atomic E-state index is 14.6.